The Morgan fingerprint density at radius 1 is 1.00 bits per heavy atom. The molecule has 0 saturated carbocycles. The van der Waals surface area contributed by atoms with E-state index in [1.54, 1.807) is 4.90 Å². The van der Waals surface area contributed by atoms with E-state index in [0.717, 1.165) is 32.1 Å². The third kappa shape index (κ3) is 2.39. The number of nitrogens with zero attached hydrogens (tertiary/aromatic N) is 1. The van der Waals surface area contributed by atoms with Gasteiger partial charge < -0.3 is 10.2 Å². The number of benzene rings is 1. The zero-order valence-electron chi connectivity index (χ0n) is 11.8. The van der Waals surface area contributed by atoms with Crippen LogP contribution in [0.4, 0.5) is 23.2 Å². The molecule has 2 aliphatic rings. The number of anilines is 1. The highest BCUT2D eigenvalue weighted by atomic mass is 19.2. The van der Waals surface area contributed by atoms with Gasteiger partial charge in [-0.1, -0.05) is 0 Å². The lowest BCUT2D eigenvalue weighted by molar-refractivity contribution is 0.247. The molecule has 0 aliphatic carbocycles. The molecule has 6 heteroatoms. The first-order chi connectivity index (χ1) is 10.0. The van der Waals surface area contributed by atoms with Gasteiger partial charge in [-0.25, -0.2) is 17.6 Å². The van der Waals surface area contributed by atoms with Gasteiger partial charge in [0.2, 0.25) is 0 Å². The van der Waals surface area contributed by atoms with Crippen molar-refractivity contribution >= 4 is 5.69 Å². The second-order valence-corrected chi connectivity index (χ2v) is 5.92. The van der Waals surface area contributed by atoms with Crippen LogP contribution in [0, 0.1) is 23.3 Å². The van der Waals surface area contributed by atoms with Gasteiger partial charge in [-0.15, -0.1) is 0 Å². The standard InChI is InChI=1S/C15H18F4N2/c1-20-8-5-9-3-2-4-10(6-8)21(9)15-13(18)11(16)7-12(17)14(15)19/h7-10,20H,2-6H2,1H3. The topological polar surface area (TPSA) is 15.3 Å². The Morgan fingerprint density at radius 3 is 2.00 bits per heavy atom. The minimum atomic E-state index is -1.34. The fraction of sp³-hybridized carbons (Fsp3) is 0.600. The molecule has 2 heterocycles. The summed E-state index contributed by atoms with van der Waals surface area (Å²) in [5.41, 5.74) is -0.531. The van der Waals surface area contributed by atoms with Crippen molar-refractivity contribution in [3.63, 3.8) is 0 Å². The van der Waals surface area contributed by atoms with Gasteiger partial charge >= 0.3 is 0 Å². The molecule has 3 rings (SSSR count). The zero-order valence-corrected chi connectivity index (χ0v) is 11.8. The lowest BCUT2D eigenvalue weighted by Gasteiger charge is -2.50. The molecule has 0 radical (unpaired) electrons. The van der Waals surface area contributed by atoms with Crippen LogP contribution >= 0.6 is 0 Å². The Hall–Kier alpha value is -1.30. The first kappa shape index (κ1) is 14.6. The van der Waals surface area contributed by atoms with Crippen LogP contribution in [0.5, 0.6) is 0 Å². The maximum absolute atomic E-state index is 14.1. The van der Waals surface area contributed by atoms with Crippen LogP contribution < -0.4 is 10.2 Å². The van der Waals surface area contributed by atoms with Gasteiger partial charge in [0.25, 0.3) is 0 Å². The average Bonchev–Trinajstić information content (AvgIpc) is 2.45. The highest BCUT2D eigenvalue weighted by Crippen LogP contribution is 2.40. The maximum Gasteiger partial charge on any atom is 0.185 e. The summed E-state index contributed by atoms with van der Waals surface area (Å²) in [5.74, 6) is -5.24. The van der Waals surface area contributed by atoms with Crippen LogP contribution in [0.2, 0.25) is 0 Å². The Labute approximate surface area is 121 Å². The summed E-state index contributed by atoms with van der Waals surface area (Å²) in [4.78, 5) is 1.58. The van der Waals surface area contributed by atoms with E-state index in [2.05, 4.69) is 5.32 Å². The number of nitrogens with one attached hydrogen (secondary N) is 1. The van der Waals surface area contributed by atoms with Gasteiger partial charge in [0.15, 0.2) is 23.3 Å². The highest BCUT2D eigenvalue weighted by Gasteiger charge is 2.41. The van der Waals surface area contributed by atoms with Crippen molar-refractivity contribution < 1.29 is 17.6 Å². The Morgan fingerprint density at radius 2 is 1.52 bits per heavy atom. The quantitative estimate of drug-likeness (QED) is 0.666. The number of rotatable bonds is 2. The molecule has 0 amide bonds. The van der Waals surface area contributed by atoms with Gasteiger partial charge in [-0.05, 0) is 39.2 Å². The monoisotopic (exact) mass is 302 g/mol. The van der Waals surface area contributed by atoms with Crippen LogP contribution in [0.15, 0.2) is 6.07 Å². The van der Waals surface area contributed by atoms with Gasteiger partial charge in [0.05, 0.1) is 0 Å². The minimum Gasteiger partial charge on any atom is -0.361 e. The molecule has 1 N–H and O–H groups in total. The molecule has 2 unspecified atom stereocenters. The molecule has 2 fully saturated rings. The van der Waals surface area contributed by atoms with Crippen LogP contribution in [0.1, 0.15) is 32.1 Å². The molecular weight excluding hydrogens is 284 g/mol. The predicted octanol–water partition coefficient (Wildman–Crippen LogP) is 3.35. The van der Waals surface area contributed by atoms with E-state index in [1.807, 2.05) is 7.05 Å². The molecule has 116 valence electrons. The first-order valence-electron chi connectivity index (χ1n) is 7.31. The third-order valence-electron chi connectivity index (χ3n) is 4.73. The van der Waals surface area contributed by atoms with Crippen molar-refractivity contribution in [3.05, 3.63) is 29.3 Å². The Kier molecular flexibility index (Phi) is 3.82. The van der Waals surface area contributed by atoms with Crippen molar-refractivity contribution in [1.82, 2.24) is 5.32 Å². The second-order valence-electron chi connectivity index (χ2n) is 5.92. The molecule has 21 heavy (non-hydrogen) atoms. The molecule has 1 aromatic rings. The predicted molar refractivity (Wildman–Crippen MR) is 72.3 cm³/mol. The summed E-state index contributed by atoms with van der Waals surface area (Å²) in [6.07, 6.45) is 3.99. The van der Waals surface area contributed by atoms with Gasteiger partial charge in [0, 0.05) is 24.2 Å². The van der Waals surface area contributed by atoms with Crippen LogP contribution in [0.25, 0.3) is 0 Å². The number of halogens is 4. The van der Waals surface area contributed by atoms with Gasteiger partial charge in [0.1, 0.15) is 5.69 Å². The van der Waals surface area contributed by atoms with Gasteiger partial charge in [-0.3, -0.25) is 0 Å². The second kappa shape index (κ2) is 5.48. The van der Waals surface area contributed by atoms with Crippen LogP contribution in [-0.2, 0) is 0 Å². The molecule has 2 atom stereocenters. The number of piperidine rings is 2. The van der Waals surface area contributed by atoms with Crippen molar-refractivity contribution in [2.45, 2.75) is 50.2 Å². The Bertz CT molecular complexity index is 509. The third-order valence-corrected chi connectivity index (χ3v) is 4.73. The molecular formula is C15H18F4N2. The summed E-state index contributed by atoms with van der Waals surface area (Å²) < 4.78 is 55.1. The molecule has 1 aromatic carbocycles. The van der Waals surface area contributed by atoms with Crippen molar-refractivity contribution in [1.29, 1.82) is 0 Å². The van der Waals surface area contributed by atoms with Crippen molar-refractivity contribution in [2.75, 3.05) is 11.9 Å². The number of fused-ring (bicyclic) bond motifs is 2. The summed E-state index contributed by atoms with van der Waals surface area (Å²) in [6, 6.07) is 0.381. The molecule has 2 saturated heterocycles. The van der Waals surface area contributed by atoms with E-state index in [4.69, 9.17) is 0 Å². The van der Waals surface area contributed by atoms with E-state index in [9.17, 15) is 17.6 Å². The first-order valence-corrected chi connectivity index (χ1v) is 7.31. The minimum absolute atomic E-state index is 0.0832. The summed E-state index contributed by atoms with van der Waals surface area (Å²) in [6.45, 7) is 0. The number of hydrogen-bond acceptors (Lipinski definition) is 2. The normalized spacial score (nSPS) is 28.8. The van der Waals surface area contributed by atoms with E-state index >= 15 is 0 Å². The Balaban J connectivity index is 2.04. The zero-order chi connectivity index (χ0) is 15.1. The molecule has 2 bridgehead atoms. The van der Waals surface area contributed by atoms with Crippen LogP contribution in [0.3, 0.4) is 0 Å². The smallest absolute Gasteiger partial charge is 0.185 e. The maximum atomic E-state index is 14.1. The van der Waals surface area contributed by atoms with Gasteiger partial charge in [-0.2, -0.15) is 0 Å². The average molecular weight is 302 g/mol. The SMILES string of the molecule is CNC1CC2CCCC(C1)N2c1c(F)c(F)cc(F)c1F. The molecule has 0 spiro atoms. The van der Waals surface area contributed by atoms with Crippen molar-refractivity contribution in [3.8, 4) is 0 Å². The highest BCUT2D eigenvalue weighted by molar-refractivity contribution is 5.53. The fourth-order valence-corrected chi connectivity index (χ4v) is 3.77. The van der Waals surface area contributed by atoms with E-state index < -0.39 is 29.0 Å². The summed E-state index contributed by atoms with van der Waals surface area (Å²) in [7, 11) is 1.86. The summed E-state index contributed by atoms with van der Waals surface area (Å²) in [5, 5.41) is 3.19. The van der Waals surface area contributed by atoms with E-state index in [0.29, 0.717) is 0 Å². The fourth-order valence-electron chi connectivity index (χ4n) is 3.77. The largest absolute Gasteiger partial charge is 0.361 e. The van der Waals surface area contributed by atoms with Crippen molar-refractivity contribution in [2.24, 2.45) is 0 Å². The van der Waals surface area contributed by atoms with E-state index in [1.165, 1.54) is 0 Å². The summed E-state index contributed by atoms with van der Waals surface area (Å²) >= 11 is 0. The van der Waals surface area contributed by atoms with Crippen LogP contribution in [-0.4, -0.2) is 25.2 Å². The molecule has 2 nitrogen and oxygen atoms in total. The number of hydrogen-bond donors (Lipinski definition) is 1. The lowest BCUT2D eigenvalue weighted by atomic mass is 9.81. The molecule has 0 aromatic heterocycles. The lowest BCUT2D eigenvalue weighted by Crippen LogP contribution is -2.56. The van der Waals surface area contributed by atoms with E-state index in [-0.39, 0.29) is 24.2 Å². The molecule has 2 aliphatic heterocycles.